The van der Waals surface area contributed by atoms with Crippen molar-refractivity contribution in [3.05, 3.63) is 65.3 Å². The second kappa shape index (κ2) is 7.48. The third-order valence-corrected chi connectivity index (χ3v) is 5.30. The van der Waals surface area contributed by atoms with Gasteiger partial charge in [-0.15, -0.1) is 0 Å². The zero-order chi connectivity index (χ0) is 18.7. The summed E-state index contributed by atoms with van der Waals surface area (Å²) in [6.45, 7) is 0.447. The van der Waals surface area contributed by atoms with Crippen molar-refractivity contribution < 1.29 is 9.32 Å². The van der Waals surface area contributed by atoms with Crippen molar-refractivity contribution in [1.82, 2.24) is 20.4 Å². The summed E-state index contributed by atoms with van der Waals surface area (Å²) in [5.41, 5.74) is 1.38. The van der Waals surface area contributed by atoms with Gasteiger partial charge in [-0.3, -0.25) is 9.78 Å². The number of benzene rings is 1. The van der Waals surface area contributed by atoms with Gasteiger partial charge in [0, 0.05) is 35.9 Å². The maximum Gasteiger partial charge on any atom is 0.230 e. The van der Waals surface area contributed by atoms with E-state index in [4.69, 9.17) is 16.1 Å². The Kier molecular flexibility index (Phi) is 4.90. The molecule has 7 heteroatoms. The van der Waals surface area contributed by atoms with Crippen molar-refractivity contribution in [3.63, 3.8) is 0 Å². The van der Waals surface area contributed by atoms with Gasteiger partial charge in [0.2, 0.25) is 17.6 Å². The molecule has 3 aromatic rings. The first kappa shape index (κ1) is 17.7. The zero-order valence-electron chi connectivity index (χ0n) is 14.7. The third-order valence-electron chi connectivity index (χ3n) is 5.05. The Morgan fingerprint density at radius 1 is 1.22 bits per heavy atom. The molecule has 2 aromatic heterocycles. The van der Waals surface area contributed by atoms with Crippen LogP contribution in [-0.2, 0) is 16.6 Å². The van der Waals surface area contributed by atoms with Gasteiger partial charge < -0.3 is 9.84 Å². The number of carbonyl (C=O) groups is 1. The largest absolute Gasteiger partial charge is 0.355 e. The summed E-state index contributed by atoms with van der Waals surface area (Å²) in [5.74, 6) is 1.03. The Hall–Kier alpha value is -2.73. The van der Waals surface area contributed by atoms with Gasteiger partial charge in [0.05, 0.1) is 5.41 Å². The van der Waals surface area contributed by atoms with Crippen molar-refractivity contribution in [2.24, 2.45) is 0 Å². The molecule has 0 aliphatic heterocycles. The minimum atomic E-state index is -0.444. The van der Waals surface area contributed by atoms with Crippen LogP contribution in [-0.4, -0.2) is 27.6 Å². The summed E-state index contributed by atoms with van der Waals surface area (Å²) >= 11 is 5.97. The van der Waals surface area contributed by atoms with E-state index in [1.165, 1.54) is 0 Å². The summed E-state index contributed by atoms with van der Waals surface area (Å²) < 4.78 is 5.27. The number of halogens is 1. The minimum Gasteiger partial charge on any atom is -0.355 e. The minimum absolute atomic E-state index is 0.0445. The standard InChI is InChI=1S/C20H19ClN4O2/c21-16-6-4-15(5-7-16)20(9-2-10-20)19(26)23-12-8-17-24-18(25-27-17)14-3-1-11-22-13-14/h1,3-7,11,13H,2,8-10,12H2,(H,23,26). The van der Waals surface area contributed by atoms with E-state index in [-0.39, 0.29) is 5.91 Å². The van der Waals surface area contributed by atoms with Crippen LogP contribution in [0, 0.1) is 0 Å². The van der Waals surface area contributed by atoms with E-state index in [0.717, 1.165) is 30.4 Å². The molecule has 1 amide bonds. The Balaban J connectivity index is 1.37. The maximum absolute atomic E-state index is 12.8. The SMILES string of the molecule is O=C(NCCc1nc(-c2cccnc2)no1)C1(c2ccc(Cl)cc2)CCC1. The highest BCUT2D eigenvalue weighted by Gasteiger charge is 2.45. The molecule has 0 saturated heterocycles. The fraction of sp³-hybridized carbons (Fsp3) is 0.300. The summed E-state index contributed by atoms with van der Waals surface area (Å²) in [4.78, 5) is 21.2. The van der Waals surface area contributed by atoms with Crippen LogP contribution in [0.4, 0.5) is 0 Å². The highest BCUT2D eigenvalue weighted by molar-refractivity contribution is 6.30. The Bertz CT molecular complexity index is 921. The lowest BCUT2D eigenvalue weighted by Crippen LogP contribution is -2.49. The van der Waals surface area contributed by atoms with E-state index in [0.29, 0.717) is 29.7 Å². The lowest BCUT2D eigenvalue weighted by atomic mass is 9.64. The number of hydrogen-bond donors (Lipinski definition) is 1. The molecule has 0 radical (unpaired) electrons. The number of rotatable bonds is 6. The lowest BCUT2D eigenvalue weighted by Gasteiger charge is -2.40. The van der Waals surface area contributed by atoms with Crippen LogP contribution in [0.3, 0.4) is 0 Å². The predicted octanol–water partition coefficient (Wildman–Crippen LogP) is 3.57. The van der Waals surface area contributed by atoms with E-state index >= 15 is 0 Å². The first-order valence-electron chi connectivity index (χ1n) is 8.95. The Morgan fingerprint density at radius 2 is 2.04 bits per heavy atom. The number of aromatic nitrogens is 3. The molecule has 1 aliphatic rings. The monoisotopic (exact) mass is 382 g/mol. The van der Waals surface area contributed by atoms with Crippen LogP contribution in [0.2, 0.25) is 5.02 Å². The number of hydrogen-bond acceptors (Lipinski definition) is 5. The molecule has 4 rings (SSSR count). The van der Waals surface area contributed by atoms with Crippen LogP contribution < -0.4 is 5.32 Å². The fourth-order valence-electron chi connectivity index (χ4n) is 3.37. The van der Waals surface area contributed by atoms with Gasteiger partial charge in [0.15, 0.2) is 0 Å². The van der Waals surface area contributed by atoms with Gasteiger partial charge in [-0.2, -0.15) is 4.98 Å². The van der Waals surface area contributed by atoms with E-state index in [1.807, 2.05) is 36.4 Å². The molecular formula is C20H19ClN4O2. The van der Waals surface area contributed by atoms with Gasteiger partial charge >= 0.3 is 0 Å². The first-order valence-corrected chi connectivity index (χ1v) is 9.32. The van der Waals surface area contributed by atoms with Gasteiger partial charge in [-0.25, -0.2) is 0 Å². The molecular weight excluding hydrogens is 364 g/mol. The number of nitrogens with one attached hydrogen (secondary N) is 1. The summed E-state index contributed by atoms with van der Waals surface area (Å²) in [5, 5.41) is 7.66. The predicted molar refractivity (Wildman–Crippen MR) is 101 cm³/mol. The fourth-order valence-corrected chi connectivity index (χ4v) is 3.49. The average molecular weight is 383 g/mol. The molecule has 1 aromatic carbocycles. The number of nitrogens with zero attached hydrogens (tertiary/aromatic N) is 3. The normalized spacial score (nSPS) is 15.1. The third kappa shape index (κ3) is 3.57. The molecule has 1 N–H and O–H groups in total. The van der Waals surface area contributed by atoms with E-state index in [9.17, 15) is 4.79 Å². The van der Waals surface area contributed by atoms with Crippen molar-refractivity contribution in [1.29, 1.82) is 0 Å². The molecule has 1 fully saturated rings. The summed E-state index contributed by atoms with van der Waals surface area (Å²) in [6.07, 6.45) is 6.61. The maximum atomic E-state index is 12.8. The quantitative estimate of drug-likeness (QED) is 0.704. The van der Waals surface area contributed by atoms with Crippen molar-refractivity contribution in [2.75, 3.05) is 6.54 Å². The number of amides is 1. The van der Waals surface area contributed by atoms with Gasteiger partial charge in [-0.1, -0.05) is 35.3 Å². The molecule has 0 unspecified atom stereocenters. The first-order chi connectivity index (χ1) is 13.2. The molecule has 27 heavy (non-hydrogen) atoms. The topological polar surface area (TPSA) is 80.9 Å². The Labute approximate surface area is 162 Å². The molecule has 2 heterocycles. The number of pyridine rings is 1. The molecule has 0 spiro atoms. The molecule has 0 bridgehead atoms. The van der Waals surface area contributed by atoms with Crippen LogP contribution in [0.25, 0.3) is 11.4 Å². The van der Waals surface area contributed by atoms with Gasteiger partial charge in [0.1, 0.15) is 0 Å². The van der Waals surface area contributed by atoms with E-state index < -0.39 is 5.41 Å². The smallest absolute Gasteiger partial charge is 0.230 e. The number of carbonyl (C=O) groups excluding carboxylic acids is 1. The molecule has 138 valence electrons. The average Bonchev–Trinajstić information content (AvgIpc) is 3.12. The summed E-state index contributed by atoms with van der Waals surface area (Å²) in [6, 6.07) is 11.3. The van der Waals surface area contributed by atoms with Gasteiger partial charge in [-0.05, 0) is 42.7 Å². The van der Waals surface area contributed by atoms with Crippen molar-refractivity contribution >= 4 is 17.5 Å². The van der Waals surface area contributed by atoms with Crippen LogP contribution in [0.5, 0.6) is 0 Å². The second-order valence-corrected chi connectivity index (χ2v) is 7.14. The molecule has 1 saturated carbocycles. The Morgan fingerprint density at radius 3 is 2.70 bits per heavy atom. The van der Waals surface area contributed by atoms with E-state index in [2.05, 4.69) is 20.4 Å². The van der Waals surface area contributed by atoms with Gasteiger partial charge in [0.25, 0.3) is 0 Å². The summed E-state index contributed by atoms with van der Waals surface area (Å²) in [7, 11) is 0. The van der Waals surface area contributed by atoms with Crippen LogP contribution in [0.15, 0.2) is 53.3 Å². The second-order valence-electron chi connectivity index (χ2n) is 6.70. The van der Waals surface area contributed by atoms with Crippen LogP contribution in [0.1, 0.15) is 30.7 Å². The molecule has 0 atom stereocenters. The van der Waals surface area contributed by atoms with Crippen molar-refractivity contribution in [3.8, 4) is 11.4 Å². The van der Waals surface area contributed by atoms with E-state index in [1.54, 1.807) is 12.4 Å². The highest BCUT2D eigenvalue weighted by atomic mass is 35.5. The lowest BCUT2D eigenvalue weighted by molar-refractivity contribution is -0.129. The zero-order valence-corrected chi connectivity index (χ0v) is 15.4. The molecule has 1 aliphatic carbocycles. The highest BCUT2D eigenvalue weighted by Crippen LogP contribution is 2.44. The van der Waals surface area contributed by atoms with Crippen LogP contribution >= 0.6 is 11.6 Å². The molecule has 6 nitrogen and oxygen atoms in total. The van der Waals surface area contributed by atoms with Crippen molar-refractivity contribution in [2.45, 2.75) is 31.1 Å².